The van der Waals surface area contributed by atoms with Gasteiger partial charge in [0.2, 0.25) is 0 Å². The van der Waals surface area contributed by atoms with Crippen LogP contribution in [0.1, 0.15) is 29.0 Å². The Balaban J connectivity index is 1.88. The summed E-state index contributed by atoms with van der Waals surface area (Å²) in [4.78, 5) is 2.12. The van der Waals surface area contributed by atoms with Crippen molar-refractivity contribution in [2.45, 2.75) is 17.9 Å². The lowest BCUT2D eigenvalue weighted by Gasteiger charge is -2.40. The fourth-order valence-corrected chi connectivity index (χ4v) is 6.06. The molecule has 0 fully saturated rings. The summed E-state index contributed by atoms with van der Waals surface area (Å²) in [7, 11) is 7.45. The number of hydrogen-bond donors (Lipinski definition) is 1. The monoisotopic (exact) mass is 583 g/mol. The summed E-state index contributed by atoms with van der Waals surface area (Å²) in [5.41, 5.74) is 1.39. The fourth-order valence-electron chi connectivity index (χ4n) is 5.69. The van der Waals surface area contributed by atoms with Crippen molar-refractivity contribution >= 4 is 37.5 Å². The Morgan fingerprint density at radius 1 is 0.744 bits per heavy atom. The standard InChI is InChI=1S/C34H34BrNO3/c1-36(2)19-18-34(37,30-14-9-11-23-10-5-6-12-27(23)30)33(28-13-7-8-15-31(28)38-3)29-21-25-20-26(35)17-16-24(25)22-32(29)39-4/h5-17,20-22,33,37H,18-19H2,1-4H3/t33-,34+/m1/s1. The molecule has 39 heavy (non-hydrogen) atoms. The highest BCUT2D eigenvalue weighted by molar-refractivity contribution is 9.10. The SMILES string of the molecule is COc1ccccc1[C@H](c1cc2cc(Br)ccc2cc1OC)[C@](O)(CCN(C)C)c1cccc2ccccc12. The number of benzene rings is 5. The summed E-state index contributed by atoms with van der Waals surface area (Å²) in [6, 6.07) is 32.9. The molecule has 4 nitrogen and oxygen atoms in total. The van der Waals surface area contributed by atoms with Crippen LogP contribution in [0, 0.1) is 0 Å². The second kappa shape index (κ2) is 11.4. The molecule has 5 rings (SSSR count). The zero-order valence-electron chi connectivity index (χ0n) is 22.8. The van der Waals surface area contributed by atoms with E-state index in [4.69, 9.17) is 9.47 Å². The smallest absolute Gasteiger partial charge is 0.123 e. The largest absolute Gasteiger partial charge is 0.496 e. The zero-order chi connectivity index (χ0) is 27.6. The van der Waals surface area contributed by atoms with E-state index in [2.05, 4.69) is 75.4 Å². The second-order valence-corrected chi connectivity index (χ2v) is 11.2. The van der Waals surface area contributed by atoms with E-state index in [1.54, 1.807) is 14.2 Å². The molecule has 0 aliphatic heterocycles. The minimum Gasteiger partial charge on any atom is -0.496 e. The molecule has 0 amide bonds. The molecule has 0 spiro atoms. The molecule has 5 aromatic rings. The van der Waals surface area contributed by atoms with Crippen LogP contribution in [0.5, 0.6) is 11.5 Å². The zero-order valence-corrected chi connectivity index (χ0v) is 24.4. The Morgan fingerprint density at radius 2 is 1.46 bits per heavy atom. The summed E-state index contributed by atoms with van der Waals surface area (Å²) >= 11 is 3.64. The number of aliphatic hydroxyl groups is 1. The van der Waals surface area contributed by atoms with Gasteiger partial charge >= 0.3 is 0 Å². The van der Waals surface area contributed by atoms with Gasteiger partial charge in [-0.1, -0.05) is 82.7 Å². The van der Waals surface area contributed by atoms with Crippen molar-refractivity contribution in [3.05, 3.63) is 118 Å². The maximum atomic E-state index is 13.2. The molecule has 0 unspecified atom stereocenters. The molecule has 0 aromatic heterocycles. The van der Waals surface area contributed by atoms with Crippen LogP contribution in [0.3, 0.4) is 0 Å². The van der Waals surface area contributed by atoms with Gasteiger partial charge in [0.15, 0.2) is 0 Å². The lowest BCUT2D eigenvalue weighted by Crippen LogP contribution is -2.38. The van der Waals surface area contributed by atoms with Gasteiger partial charge in [0, 0.05) is 28.1 Å². The number of rotatable bonds is 9. The Bertz CT molecular complexity index is 1610. The molecule has 0 saturated heterocycles. The van der Waals surface area contributed by atoms with Gasteiger partial charge in [-0.25, -0.2) is 0 Å². The van der Waals surface area contributed by atoms with E-state index in [1.165, 1.54) is 0 Å². The van der Waals surface area contributed by atoms with E-state index in [1.807, 2.05) is 56.6 Å². The van der Waals surface area contributed by atoms with E-state index in [-0.39, 0.29) is 0 Å². The normalized spacial score (nSPS) is 13.9. The van der Waals surface area contributed by atoms with Gasteiger partial charge in [0.25, 0.3) is 0 Å². The van der Waals surface area contributed by atoms with E-state index < -0.39 is 11.5 Å². The molecule has 0 aliphatic carbocycles. The first-order valence-electron chi connectivity index (χ1n) is 13.1. The van der Waals surface area contributed by atoms with E-state index >= 15 is 0 Å². The Morgan fingerprint density at radius 3 is 2.23 bits per heavy atom. The molecule has 2 atom stereocenters. The van der Waals surface area contributed by atoms with Crippen LogP contribution in [0.25, 0.3) is 21.5 Å². The Hall–Kier alpha value is -3.38. The molecule has 5 aromatic carbocycles. The highest BCUT2D eigenvalue weighted by Crippen LogP contribution is 2.51. The molecule has 0 heterocycles. The molecule has 0 radical (unpaired) electrons. The van der Waals surface area contributed by atoms with E-state index in [0.29, 0.717) is 13.0 Å². The average Bonchev–Trinajstić information content (AvgIpc) is 2.95. The van der Waals surface area contributed by atoms with Gasteiger partial charge in [-0.3, -0.25) is 0 Å². The summed E-state index contributed by atoms with van der Waals surface area (Å²) in [5.74, 6) is 0.962. The Labute approximate surface area is 238 Å². The Kier molecular flexibility index (Phi) is 7.94. The van der Waals surface area contributed by atoms with Crippen molar-refractivity contribution in [3.8, 4) is 11.5 Å². The van der Waals surface area contributed by atoms with Crippen molar-refractivity contribution in [3.63, 3.8) is 0 Å². The van der Waals surface area contributed by atoms with E-state index in [9.17, 15) is 5.11 Å². The van der Waals surface area contributed by atoms with Crippen LogP contribution in [0.2, 0.25) is 0 Å². The maximum absolute atomic E-state index is 13.2. The third kappa shape index (κ3) is 5.27. The highest BCUT2D eigenvalue weighted by atomic mass is 79.9. The van der Waals surface area contributed by atoms with Crippen LogP contribution < -0.4 is 9.47 Å². The lowest BCUT2D eigenvalue weighted by molar-refractivity contribution is 0.00476. The summed E-state index contributed by atoms with van der Waals surface area (Å²) in [6.45, 7) is 0.687. The van der Waals surface area contributed by atoms with Gasteiger partial charge in [-0.15, -0.1) is 0 Å². The maximum Gasteiger partial charge on any atom is 0.123 e. The molecule has 0 aliphatic rings. The van der Waals surface area contributed by atoms with Crippen molar-refractivity contribution in [1.82, 2.24) is 4.90 Å². The molecule has 0 saturated carbocycles. The summed E-state index contributed by atoms with van der Waals surface area (Å²) < 4.78 is 12.9. The minimum atomic E-state index is -1.30. The first-order valence-corrected chi connectivity index (χ1v) is 13.9. The number of methoxy groups -OCH3 is 2. The van der Waals surface area contributed by atoms with Crippen molar-refractivity contribution in [2.24, 2.45) is 0 Å². The van der Waals surface area contributed by atoms with Crippen LogP contribution in [-0.4, -0.2) is 44.9 Å². The van der Waals surface area contributed by atoms with E-state index in [0.717, 1.165) is 54.2 Å². The summed E-state index contributed by atoms with van der Waals surface area (Å²) in [5, 5.41) is 17.5. The second-order valence-electron chi connectivity index (χ2n) is 10.3. The number of fused-ring (bicyclic) bond motifs is 2. The van der Waals surface area contributed by atoms with Crippen molar-refractivity contribution in [1.29, 1.82) is 0 Å². The minimum absolute atomic E-state index is 0.488. The number of nitrogens with zero attached hydrogens (tertiary/aromatic N) is 1. The first kappa shape index (κ1) is 27.2. The van der Waals surface area contributed by atoms with Gasteiger partial charge in [-0.05, 0) is 78.0 Å². The van der Waals surface area contributed by atoms with Gasteiger partial charge in [-0.2, -0.15) is 0 Å². The summed E-state index contributed by atoms with van der Waals surface area (Å²) in [6.07, 6.45) is 0.496. The van der Waals surface area contributed by atoms with Crippen LogP contribution in [0.15, 0.2) is 102 Å². The number of para-hydroxylation sites is 1. The average molecular weight is 585 g/mol. The van der Waals surface area contributed by atoms with Gasteiger partial charge in [0.05, 0.1) is 14.2 Å². The molecule has 5 heteroatoms. The highest BCUT2D eigenvalue weighted by Gasteiger charge is 2.44. The topological polar surface area (TPSA) is 41.9 Å². The third-order valence-electron chi connectivity index (χ3n) is 7.59. The predicted octanol–water partition coefficient (Wildman–Crippen LogP) is 7.74. The number of ether oxygens (including phenoxy) is 2. The van der Waals surface area contributed by atoms with Crippen molar-refractivity contribution < 1.29 is 14.6 Å². The molecule has 1 N–H and O–H groups in total. The third-order valence-corrected chi connectivity index (χ3v) is 8.08. The van der Waals surface area contributed by atoms with Crippen molar-refractivity contribution in [2.75, 3.05) is 34.9 Å². The molecular weight excluding hydrogens is 550 g/mol. The molecular formula is C34H34BrNO3. The van der Waals surface area contributed by atoms with Crippen LogP contribution in [-0.2, 0) is 5.60 Å². The van der Waals surface area contributed by atoms with Gasteiger partial charge in [0.1, 0.15) is 17.1 Å². The number of hydrogen-bond acceptors (Lipinski definition) is 4. The van der Waals surface area contributed by atoms with Gasteiger partial charge < -0.3 is 19.5 Å². The first-order chi connectivity index (χ1) is 18.9. The number of halogens is 1. The quantitative estimate of drug-likeness (QED) is 0.193. The lowest BCUT2D eigenvalue weighted by atomic mass is 9.70. The fraction of sp³-hybridized carbons (Fsp3) is 0.235. The molecule has 200 valence electrons. The van der Waals surface area contributed by atoms with Crippen LogP contribution >= 0.6 is 15.9 Å². The molecule has 0 bridgehead atoms. The van der Waals surface area contributed by atoms with Crippen LogP contribution in [0.4, 0.5) is 0 Å². The predicted molar refractivity (Wildman–Crippen MR) is 164 cm³/mol.